The minimum absolute atomic E-state index is 0.0306. The Balaban J connectivity index is 1.95. The highest BCUT2D eigenvalue weighted by Crippen LogP contribution is 1.94. The predicted molar refractivity (Wildman–Crippen MR) is 79.5 cm³/mol. The number of hydrogen-bond donors (Lipinski definition) is 3. The lowest BCUT2D eigenvalue weighted by atomic mass is 10.2. The van der Waals surface area contributed by atoms with E-state index in [0.29, 0.717) is 13.1 Å². The second-order valence-electron chi connectivity index (χ2n) is 5.15. The number of amides is 2. The summed E-state index contributed by atoms with van der Waals surface area (Å²) in [7, 11) is 0. The molecule has 1 saturated heterocycles. The van der Waals surface area contributed by atoms with Gasteiger partial charge in [-0.3, -0.25) is 9.59 Å². The summed E-state index contributed by atoms with van der Waals surface area (Å²) in [4.78, 5) is 25.3. The van der Waals surface area contributed by atoms with E-state index in [0.717, 1.165) is 45.6 Å². The lowest BCUT2D eigenvalue weighted by Gasteiger charge is -2.27. The molecular formula is C14H28N4O2. The smallest absolute Gasteiger partial charge is 0.220 e. The molecule has 1 rings (SSSR count). The molecule has 1 fully saturated rings. The summed E-state index contributed by atoms with van der Waals surface area (Å²) in [5.74, 6) is -0.0697. The SMILES string of the molecule is CCCNC(=O)CCC(=O)NCCCN1CCNCC1. The van der Waals surface area contributed by atoms with Crippen LogP contribution in [0.4, 0.5) is 0 Å². The van der Waals surface area contributed by atoms with E-state index in [-0.39, 0.29) is 24.7 Å². The Kier molecular flexibility index (Phi) is 8.98. The van der Waals surface area contributed by atoms with Gasteiger partial charge in [-0.05, 0) is 19.4 Å². The molecule has 0 atom stereocenters. The molecule has 0 saturated carbocycles. The average Bonchev–Trinajstić information content (AvgIpc) is 2.48. The van der Waals surface area contributed by atoms with Gasteiger partial charge in [0.15, 0.2) is 0 Å². The fourth-order valence-electron chi connectivity index (χ4n) is 2.13. The van der Waals surface area contributed by atoms with Crippen LogP contribution in [0, 0.1) is 0 Å². The fourth-order valence-corrected chi connectivity index (χ4v) is 2.13. The van der Waals surface area contributed by atoms with E-state index in [1.807, 2.05) is 6.92 Å². The Morgan fingerprint density at radius 2 is 1.65 bits per heavy atom. The monoisotopic (exact) mass is 284 g/mol. The van der Waals surface area contributed by atoms with Crippen molar-refractivity contribution in [2.24, 2.45) is 0 Å². The highest BCUT2D eigenvalue weighted by atomic mass is 16.2. The first-order chi connectivity index (χ1) is 9.72. The topological polar surface area (TPSA) is 73.5 Å². The Labute approximate surface area is 121 Å². The molecule has 0 aliphatic carbocycles. The average molecular weight is 284 g/mol. The molecule has 1 aliphatic heterocycles. The largest absolute Gasteiger partial charge is 0.356 e. The lowest BCUT2D eigenvalue weighted by molar-refractivity contribution is -0.126. The minimum atomic E-state index is -0.0391. The van der Waals surface area contributed by atoms with Crippen molar-refractivity contribution in [3.8, 4) is 0 Å². The summed E-state index contributed by atoms with van der Waals surface area (Å²) in [5.41, 5.74) is 0. The molecule has 0 aromatic carbocycles. The molecule has 3 N–H and O–H groups in total. The number of carbonyl (C=O) groups is 2. The van der Waals surface area contributed by atoms with E-state index < -0.39 is 0 Å². The van der Waals surface area contributed by atoms with Gasteiger partial charge in [0, 0.05) is 52.1 Å². The van der Waals surface area contributed by atoms with Crippen LogP contribution in [0.15, 0.2) is 0 Å². The summed E-state index contributed by atoms with van der Waals surface area (Å²) >= 11 is 0. The molecule has 0 unspecified atom stereocenters. The van der Waals surface area contributed by atoms with Crippen molar-refractivity contribution in [3.05, 3.63) is 0 Å². The maximum absolute atomic E-state index is 11.6. The molecule has 2 amide bonds. The molecule has 20 heavy (non-hydrogen) atoms. The molecule has 6 heteroatoms. The summed E-state index contributed by atoms with van der Waals surface area (Å²) < 4.78 is 0. The van der Waals surface area contributed by atoms with Gasteiger partial charge in [-0.2, -0.15) is 0 Å². The van der Waals surface area contributed by atoms with Crippen molar-refractivity contribution in [2.45, 2.75) is 32.6 Å². The van der Waals surface area contributed by atoms with Crippen LogP contribution in [0.5, 0.6) is 0 Å². The summed E-state index contributed by atoms with van der Waals surface area (Å²) in [6, 6.07) is 0. The Bertz CT molecular complexity index is 291. The quantitative estimate of drug-likeness (QED) is 0.509. The maximum Gasteiger partial charge on any atom is 0.220 e. The second-order valence-corrected chi connectivity index (χ2v) is 5.15. The molecule has 0 bridgehead atoms. The molecule has 6 nitrogen and oxygen atoms in total. The maximum atomic E-state index is 11.6. The van der Waals surface area contributed by atoms with Crippen molar-refractivity contribution in [1.82, 2.24) is 20.9 Å². The van der Waals surface area contributed by atoms with E-state index in [1.54, 1.807) is 0 Å². The molecule has 0 radical (unpaired) electrons. The molecule has 1 heterocycles. The zero-order valence-electron chi connectivity index (χ0n) is 12.5. The van der Waals surface area contributed by atoms with Crippen LogP contribution in [0.3, 0.4) is 0 Å². The first kappa shape index (κ1) is 16.9. The van der Waals surface area contributed by atoms with E-state index >= 15 is 0 Å². The summed E-state index contributed by atoms with van der Waals surface area (Å²) in [5, 5.41) is 8.95. The van der Waals surface area contributed by atoms with Gasteiger partial charge < -0.3 is 20.9 Å². The van der Waals surface area contributed by atoms with E-state index in [9.17, 15) is 9.59 Å². The van der Waals surface area contributed by atoms with Crippen LogP contribution in [0.25, 0.3) is 0 Å². The lowest BCUT2D eigenvalue weighted by Crippen LogP contribution is -2.44. The van der Waals surface area contributed by atoms with Crippen LogP contribution < -0.4 is 16.0 Å². The van der Waals surface area contributed by atoms with Crippen LogP contribution in [-0.4, -0.2) is 62.5 Å². The van der Waals surface area contributed by atoms with E-state index in [2.05, 4.69) is 20.9 Å². The Hall–Kier alpha value is -1.14. The van der Waals surface area contributed by atoms with Crippen LogP contribution >= 0.6 is 0 Å². The summed E-state index contributed by atoms with van der Waals surface area (Å²) in [6.07, 6.45) is 2.45. The van der Waals surface area contributed by atoms with Gasteiger partial charge in [-0.15, -0.1) is 0 Å². The van der Waals surface area contributed by atoms with Crippen LogP contribution in [-0.2, 0) is 9.59 Å². The number of piperazine rings is 1. The third-order valence-corrected chi connectivity index (χ3v) is 3.33. The number of nitrogens with one attached hydrogen (secondary N) is 3. The zero-order chi connectivity index (χ0) is 14.6. The van der Waals surface area contributed by atoms with Gasteiger partial charge in [-0.25, -0.2) is 0 Å². The molecule has 1 aliphatic rings. The normalized spacial score (nSPS) is 15.8. The van der Waals surface area contributed by atoms with Crippen molar-refractivity contribution in [3.63, 3.8) is 0 Å². The van der Waals surface area contributed by atoms with Gasteiger partial charge in [0.2, 0.25) is 11.8 Å². The van der Waals surface area contributed by atoms with Gasteiger partial charge in [0.25, 0.3) is 0 Å². The van der Waals surface area contributed by atoms with Crippen LogP contribution in [0.2, 0.25) is 0 Å². The van der Waals surface area contributed by atoms with E-state index in [1.165, 1.54) is 0 Å². The first-order valence-electron chi connectivity index (χ1n) is 7.69. The number of hydrogen-bond acceptors (Lipinski definition) is 4. The van der Waals surface area contributed by atoms with Crippen molar-refractivity contribution < 1.29 is 9.59 Å². The second kappa shape index (κ2) is 10.6. The third kappa shape index (κ3) is 8.12. The Morgan fingerprint density at radius 3 is 2.25 bits per heavy atom. The fraction of sp³-hybridized carbons (Fsp3) is 0.857. The highest BCUT2D eigenvalue weighted by molar-refractivity contribution is 5.83. The first-order valence-corrected chi connectivity index (χ1v) is 7.69. The molecule has 0 aromatic rings. The molecular weight excluding hydrogens is 256 g/mol. The minimum Gasteiger partial charge on any atom is -0.356 e. The Morgan fingerprint density at radius 1 is 1.05 bits per heavy atom. The highest BCUT2D eigenvalue weighted by Gasteiger charge is 2.09. The van der Waals surface area contributed by atoms with Gasteiger partial charge >= 0.3 is 0 Å². The van der Waals surface area contributed by atoms with E-state index in [4.69, 9.17) is 0 Å². The van der Waals surface area contributed by atoms with Crippen LogP contribution in [0.1, 0.15) is 32.6 Å². The third-order valence-electron chi connectivity index (χ3n) is 3.33. The molecule has 0 spiro atoms. The number of nitrogens with zero attached hydrogens (tertiary/aromatic N) is 1. The number of rotatable bonds is 9. The van der Waals surface area contributed by atoms with Gasteiger partial charge in [-0.1, -0.05) is 6.92 Å². The predicted octanol–water partition coefficient (Wildman–Crippen LogP) is -0.296. The van der Waals surface area contributed by atoms with Gasteiger partial charge in [0.05, 0.1) is 0 Å². The van der Waals surface area contributed by atoms with Gasteiger partial charge in [0.1, 0.15) is 0 Å². The van der Waals surface area contributed by atoms with Crippen molar-refractivity contribution in [1.29, 1.82) is 0 Å². The standard InChI is InChI=1S/C14H28N4O2/c1-2-6-16-13(19)4-5-14(20)17-7-3-10-18-11-8-15-9-12-18/h15H,2-12H2,1H3,(H,16,19)(H,17,20). The molecule has 116 valence electrons. The molecule has 0 aromatic heterocycles. The zero-order valence-corrected chi connectivity index (χ0v) is 12.5. The van der Waals surface area contributed by atoms with Crippen molar-refractivity contribution in [2.75, 3.05) is 45.8 Å². The van der Waals surface area contributed by atoms with Crippen molar-refractivity contribution >= 4 is 11.8 Å². The summed E-state index contributed by atoms with van der Waals surface area (Å²) in [6.45, 7) is 8.70. The number of carbonyl (C=O) groups excluding carboxylic acids is 2.